The lowest BCUT2D eigenvalue weighted by Gasteiger charge is -2.08. The molecule has 0 saturated heterocycles. The minimum absolute atomic E-state index is 0.153. The lowest BCUT2D eigenvalue weighted by Crippen LogP contribution is -2.31. The zero-order valence-corrected chi connectivity index (χ0v) is 12.3. The van der Waals surface area contributed by atoms with Gasteiger partial charge < -0.3 is 10.6 Å². The highest BCUT2D eigenvalue weighted by molar-refractivity contribution is 5.92. The summed E-state index contributed by atoms with van der Waals surface area (Å²) in [5.74, 6) is 0.325. The van der Waals surface area contributed by atoms with Gasteiger partial charge in [-0.3, -0.25) is 10.1 Å². The highest BCUT2D eigenvalue weighted by Crippen LogP contribution is 2.06. The fraction of sp³-hybridized carbons (Fsp3) is 0.188. The lowest BCUT2D eigenvalue weighted by atomic mass is 10.3. The van der Waals surface area contributed by atoms with E-state index in [4.69, 9.17) is 0 Å². The monoisotopic (exact) mass is 298 g/mol. The van der Waals surface area contributed by atoms with Crippen LogP contribution in [0.3, 0.4) is 0 Å². The summed E-state index contributed by atoms with van der Waals surface area (Å²) in [5, 5.41) is 7.98. The van der Waals surface area contributed by atoms with Crippen LogP contribution in [0.15, 0.2) is 48.7 Å². The number of hydrogen-bond donors (Lipinski definition) is 3. The molecular formula is C16H18N4O2. The highest BCUT2D eigenvalue weighted by atomic mass is 16.2. The lowest BCUT2D eigenvalue weighted by molar-refractivity contribution is -0.116. The van der Waals surface area contributed by atoms with Gasteiger partial charge in [0.05, 0.1) is 0 Å². The Labute approximate surface area is 129 Å². The largest absolute Gasteiger partial charge is 0.337 e. The summed E-state index contributed by atoms with van der Waals surface area (Å²) in [4.78, 5) is 27.4. The number of aromatic nitrogens is 1. The van der Waals surface area contributed by atoms with Gasteiger partial charge in [0.25, 0.3) is 0 Å². The van der Waals surface area contributed by atoms with Gasteiger partial charge in [0.1, 0.15) is 5.82 Å². The number of carbonyl (C=O) groups excluding carboxylic acids is 2. The van der Waals surface area contributed by atoms with Gasteiger partial charge in [0.15, 0.2) is 0 Å². The van der Waals surface area contributed by atoms with Gasteiger partial charge in [-0.2, -0.15) is 0 Å². The maximum Gasteiger partial charge on any atom is 0.320 e. The smallest absolute Gasteiger partial charge is 0.320 e. The van der Waals surface area contributed by atoms with E-state index in [9.17, 15) is 9.59 Å². The molecule has 0 unspecified atom stereocenters. The molecule has 2 rings (SSSR count). The Kier molecular flexibility index (Phi) is 5.48. The van der Waals surface area contributed by atoms with Gasteiger partial charge in [0.2, 0.25) is 5.91 Å². The first-order chi connectivity index (χ1) is 10.6. The van der Waals surface area contributed by atoms with E-state index in [1.807, 2.05) is 31.2 Å². The number of rotatable bonds is 5. The van der Waals surface area contributed by atoms with E-state index in [0.29, 0.717) is 5.82 Å². The number of anilines is 2. The van der Waals surface area contributed by atoms with Crippen LogP contribution in [-0.2, 0) is 4.79 Å². The van der Waals surface area contributed by atoms with Crippen molar-refractivity contribution in [1.82, 2.24) is 10.3 Å². The predicted molar refractivity (Wildman–Crippen MR) is 85.7 cm³/mol. The van der Waals surface area contributed by atoms with Crippen molar-refractivity contribution in [3.8, 4) is 0 Å². The van der Waals surface area contributed by atoms with Gasteiger partial charge in [-0.15, -0.1) is 0 Å². The number of urea groups is 1. The standard InChI is InChI=1S/C16H18N4O2/c1-12-7-9-17-14(11-12)20-16(22)18-10-8-15(21)19-13-5-3-2-4-6-13/h2-7,9,11H,8,10H2,1H3,(H,19,21)(H2,17,18,20,22). The number of carbonyl (C=O) groups is 2. The quantitative estimate of drug-likeness (QED) is 0.793. The Bertz CT molecular complexity index is 644. The van der Waals surface area contributed by atoms with Crippen LogP contribution >= 0.6 is 0 Å². The van der Waals surface area contributed by atoms with Crippen molar-refractivity contribution in [2.24, 2.45) is 0 Å². The molecule has 3 N–H and O–H groups in total. The Morgan fingerprint density at radius 2 is 1.86 bits per heavy atom. The third-order valence-electron chi connectivity index (χ3n) is 2.85. The fourth-order valence-electron chi connectivity index (χ4n) is 1.80. The summed E-state index contributed by atoms with van der Waals surface area (Å²) in [7, 11) is 0. The van der Waals surface area contributed by atoms with Crippen LogP contribution in [0.25, 0.3) is 0 Å². The first kappa shape index (κ1) is 15.5. The molecule has 114 valence electrons. The van der Waals surface area contributed by atoms with Crippen LogP contribution in [0.4, 0.5) is 16.3 Å². The molecule has 2 aromatic rings. The van der Waals surface area contributed by atoms with Gasteiger partial charge in [-0.1, -0.05) is 18.2 Å². The number of para-hydroxylation sites is 1. The first-order valence-electron chi connectivity index (χ1n) is 6.96. The van der Waals surface area contributed by atoms with Crippen LogP contribution in [0.1, 0.15) is 12.0 Å². The first-order valence-corrected chi connectivity index (χ1v) is 6.96. The third kappa shape index (κ3) is 5.24. The highest BCUT2D eigenvalue weighted by Gasteiger charge is 2.05. The molecule has 1 heterocycles. The maximum atomic E-state index is 11.7. The second-order valence-electron chi connectivity index (χ2n) is 4.76. The van der Waals surface area contributed by atoms with E-state index >= 15 is 0 Å². The van der Waals surface area contributed by atoms with Gasteiger partial charge in [-0.05, 0) is 36.8 Å². The molecule has 6 nitrogen and oxygen atoms in total. The Morgan fingerprint density at radius 3 is 2.59 bits per heavy atom. The number of benzene rings is 1. The normalized spacial score (nSPS) is 9.86. The maximum absolute atomic E-state index is 11.7. The Balaban J connectivity index is 1.69. The summed E-state index contributed by atoms with van der Waals surface area (Å²) >= 11 is 0. The van der Waals surface area contributed by atoms with E-state index in [-0.39, 0.29) is 24.9 Å². The number of nitrogens with one attached hydrogen (secondary N) is 3. The molecule has 0 bridgehead atoms. The average Bonchev–Trinajstić information content (AvgIpc) is 2.48. The van der Waals surface area contributed by atoms with Gasteiger partial charge in [-0.25, -0.2) is 9.78 Å². The van der Waals surface area contributed by atoms with Crippen molar-refractivity contribution in [1.29, 1.82) is 0 Å². The fourth-order valence-corrected chi connectivity index (χ4v) is 1.80. The molecule has 0 aliphatic heterocycles. The van der Waals surface area contributed by atoms with E-state index in [1.165, 1.54) is 0 Å². The number of aryl methyl sites for hydroxylation is 1. The van der Waals surface area contributed by atoms with Crippen molar-refractivity contribution >= 4 is 23.4 Å². The van der Waals surface area contributed by atoms with Gasteiger partial charge >= 0.3 is 6.03 Å². The SMILES string of the molecule is Cc1ccnc(NC(=O)NCCC(=O)Nc2ccccc2)c1. The second kappa shape index (κ2) is 7.78. The second-order valence-corrected chi connectivity index (χ2v) is 4.76. The average molecular weight is 298 g/mol. The predicted octanol–water partition coefficient (Wildman–Crippen LogP) is 2.54. The molecule has 0 spiro atoms. The molecular weight excluding hydrogens is 280 g/mol. The minimum atomic E-state index is -0.384. The van der Waals surface area contributed by atoms with E-state index in [0.717, 1.165) is 11.3 Å². The molecule has 0 aliphatic rings. The van der Waals surface area contributed by atoms with Crippen molar-refractivity contribution in [2.45, 2.75) is 13.3 Å². The molecule has 22 heavy (non-hydrogen) atoms. The summed E-state index contributed by atoms with van der Waals surface area (Å²) in [6.45, 7) is 2.16. The zero-order valence-electron chi connectivity index (χ0n) is 12.3. The number of nitrogens with zero attached hydrogens (tertiary/aromatic N) is 1. The third-order valence-corrected chi connectivity index (χ3v) is 2.85. The van der Waals surface area contributed by atoms with Crippen LogP contribution < -0.4 is 16.0 Å². The van der Waals surface area contributed by atoms with Crippen molar-refractivity contribution in [3.05, 3.63) is 54.2 Å². The molecule has 0 radical (unpaired) electrons. The molecule has 1 aromatic heterocycles. The summed E-state index contributed by atoms with van der Waals surface area (Å²) < 4.78 is 0. The minimum Gasteiger partial charge on any atom is -0.337 e. The van der Waals surface area contributed by atoms with Crippen LogP contribution in [0, 0.1) is 6.92 Å². The zero-order chi connectivity index (χ0) is 15.8. The Hall–Kier alpha value is -2.89. The summed E-state index contributed by atoms with van der Waals surface area (Å²) in [6.07, 6.45) is 1.82. The van der Waals surface area contributed by atoms with Crippen molar-refractivity contribution < 1.29 is 9.59 Å². The molecule has 0 aliphatic carbocycles. The number of pyridine rings is 1. The molecule has 0 saturated carbocycles. The van der Waals surface area contributed by atoms with E-state index in [1.54, 1.807) is 24.4 Å². The van der Waals surface area contributed by atoms with Crippen molar-refractivity contribution in [3.63, 3.8) is 0 Å². The number of hydrogen-bond acceptors (Lipinski definition) is 3. The topological polar surface area (TPSA) is 83.1 Å². The van der Waals surface area contributed by atoms with Crippen LogP contribution in [0.5, 0.6) is 0 Å². The van der Waals surface area contributed by atoms with Crippen molar-refractivity contribution in [2.75, 3.05) is 17.2 Å². The molecule has 0 atom stereocenters. The molecule has 1 aromatic carbocycles. The molecule has 6 heteroatoms. The number of amides is 3. The summed E-state index contributed by atoms with van der Waals surface area (Å²) in [5.41, 5.74) is 1.74. The Morgan fingerprint density at radius 1 is 1.09 bits per heavy atom. The molecule has 3 amide bonds. The van der Waals surface area contributed by atoms with Crippen LogP contribution in [-0.4, -0.2) is 23.5 Å². The van der Waals surface area contributed by atoms with E-state index in [2.05, 4.69) is 20.9 Å². The van der Waals surface area contributed by atoms with Gasteiger partial charge in [0, 0.05) is 24.8 Å². The summed E-state index contributed by atoms with van der Waals surface area (Å²) in [6, 6.07) is 12.4. The van der Waals surface area contributed by atoms with Crippen LogP contribution in [0.2, 0.25) is 0 Å². The van der Waals surface area contributed by atoms with E-state index < -0.39 is 0 Å². The molecule has 0 fully saturated rings.